The van der Waals surface area contributed by atoms with E-state index >= 15 is 0 Å². The topological polar surface area (TPSA) is 40.5 Å². The summed E-state index contributed by atoms with van der Waals surface area (Å²) in [4.78, 5) is 13.9. The molecule has 2 aromatic carbocycles. The molecule has 0 amide bonds. The Hall–Kier alpha value is -2.40. The van der Waals surface area contributed by atoms with E-state index in [4.69, 9.17) is 9.47 Å². The smallest absolute Gasteiger partial charge is 0.258 e. The normalized spacial score (nSPS) is 13.8. The predicted octanol–water partition coefficient (Wildman–Crippen LogP) is 5.50. The van der Waals surface area contributed by atoms with Crippen molar-refractivity contribution in [1.29, 1.82) is 0 Å². The highest BCUT2D eigenvalue weighted by atomic mass is 32.2. The quantitative estimate of drug-likeness (QED) is 0.483. The Kier molecular flexibility index (Phi) is 5.59. The fourth-order valence-corrected chi connectivity index (χ4v) is 4.35. The zero-order chi connectivity index (χ0) is 20.5. The molecule has 0 saturated heterocycles. The standard InChI is InChI=1S/C24H27NO3S/c1-15(2)29-18-8-10-23(28-14-16-5-6-16)21(12-18)22-13-25(3)24(26)19-9-7-17(27-4)11-20(19)22/h7-13,15-16H,5-6,14H2,1-4H3. The van der Waals surface area contributed by atoms with Gasteiger partial charge in [-0.3, -0.25) is 4.79 Å². The number of ether oxygens (including phenoxy) is 2. The van der Waals surface area contributed by atoms with E-state index in [9.17, 15) is 4.79 Å². The van der Waals surface area contributed by atoms with Crippen LogP contribution in [0, 0.1) is 5.92 Å². The van der Waals surface area contributed by atoms with Gasteiger partial charge in [0.15, 0.2) is 0 Å². The van der Waals surface area contributed by atoms with Gasteiger partial charge in [0, 0.05) is 45.3 Å². The molecular weight excluding hydrogens is 382 g/mol. The van der Waals surface area contributed by atoms with Crippen molar-refractivity contribution in [2.45, 2.75) is 36.8 Å². The van der Waals surface area contributed by atoms with Crippen LogP contribution in [0.1, 0.15) is 26.7 Å². The molecule has 0 aliphatic heterocycles. The van der Waals surface area contributed by atoms with Crippen LogP contribution < -0.4 is 15.0 Å². The van der Waals surface area contributed by atoms with Gasteiger partial charge in [0.25, 0.3) is 5.56 Å². The molecule has 3 aromatic rings. The average Bonchev–Trinajstić information content (AvgIpc) is 3.53. The second kappa shape index (κ2) is 8.15. The minimum absolute atomic E-state index is 0.0143. The van der Waals surface area contributed by atoms with Crippen LogP contribution in [0.3, 0.4) is 0 Å². The van der Waals surface area contributed by atoms with Crippen molar-refractivity contribution in [3.8, 4) is 22.6 Å². The fraction of sp³-hybridized carbons (Fsp3) is 0.375. The number of pyridine rings is 1. The van der Waals surface area contributed by atoms with Gasteiger partial charge in [0.05, 0.1) is 13.7 Å². The molecule has 0 unspecified atom stereocenters. The molecule has 1 aliphatic carbocycles. The molecule has 4 rings (SSSR count). The molecule has 1 aromatic heterocycles. The van der Waals surface area contributed by atoms with Gasteiger partial charge in [0.1, 0.15) is 11.5 Å². The third-order valence-electron chi connectivity index (χ3n) is 5.17. The van der Waals surface area contributed by atoms with Crippen molar-refractivity contribution in [3.63, 3.8) is 0 Å². The number of methoxy groups -OCH3 is 1. The van der Waals surface area contributed by atoms with Gasteiger partial charge in [0.2, 0.25) is 0 Å². The van der Waals surface area contributed by atoms with Gasteiger partial charge in [-0.1, -0.05) is 13.8 Å². The Morgan fingerprint density at radius 2 is 1.90 bits per heavy atom. The second-order valence-electron chi connectivity index (χ2n) is 7.95. The van der Waals surface area contributed by atoms with Crippen LogP contribution in [0.2, 0.25) is 0 Å². The number of aryl methyl sites for hydroxylation is 1. The number of fused-ring (bicyclic) bond motifs is 1. The van der Waals surface area contributed by atoms with Gasteiger partial charge < -0.3 is 14.0 Å². The molecule has 4 nitrogen and oxygen atoms in total. The molecule has 5 heteroatoms. The number of thioether (sulfide) groups is 1. The summed E-state index contributed by atoms with van der Waals surface area (Å²) in [5.41, 5.74) is 1.99. The lowest BCUT2D eigenvalue weighted by atomic mass is 9.99. The number of benzene rings is 2. The molecule has 1 saturated carbocycles. The molecule has 0 N–H and O–H groups in total. The molecule has 0 radical (unpaired) electrons. The van der Waals surface area contributed by atoms with Crippen LogP contribution in [-0.4, -0.2) is 23.5 Å². The SMILES string of the molecule is COc1ccc2c(=O)n(C)cc(-c3cc(SC(C)C)ccc3OCC3CC3)c2c1. The van der Waals surface area contributed by atoms with Gasteiger partial charge in [-0.25, -0.2) is 0 Å². The summed E-state index contributed by atoms with van der Waals surface area (Å²) < 4.78 is 13.3. The first kappa shape index (κ1) is 19.9. The molecule has 1 heterocycles. The predicted molar refractivity (Wildman–Crippen MR) is 120 cm³/mol. The van der Waals surface area contributed by atoms with Crippen LogP contribution >= 0.6 is 11.8 Å². The minimum Gasteiger partial charge on any atom is -0.497 e. The fourth-order valence-electron chi connectivity index (χ4n) is 3.47. The van der Waals surface area contributed by atoms with Crippen molar-refractivity contribution in [1.82, 2.24) is 4.57 Å². The van der Waals surface area contributed by atoms with Gasteiger partial charge >= 0.3 is 0 Å². The lowest BCUT2D eigenvalue weighted by Crippen LogP contribution is -2.16. The molecule has 1 fully saturated rings. The lowest BCUT2D eigenvalue weighted by molar-refractivity contribution is 0.301. The summed E-state index contributed by atoms with van der Waals surface area (Å²) in [6.07, 6.45) is 4.40. The van der Waals surface area contributed by atoms with E-state index in [0.717, 1.165) is 34.6 Å². The second-order valence-corrected chi connectivity index (χ2v) is 9.60. The van der Waals surface area contributed by atoms with Crippen molar-refractivity contribution in [3.05, 3.63) is 52.9 Å². The number of hydrogen-bond acceptors (Lipinski definition) is 4. The molecule has 0 spiro atoms. The number of aromatic nitrogens is 1. The molecule has 0 bridgehead atoms. The summed E-state index contributed by atoms with van der Waals surface area (Å²) in [5.74, 6) is 2.28. The number of nitrogens with zero attached hydrogens (tertiary/aromatic N) is 1. The van der Waals surface area contributed by atoms with E-state index < -0.39 is 0 Å². The van der Waals surface area contributed by atoms with Crippen molar-refractivity contribution >= 4 is 22.5 Å². The van der Waals surface area contributed by atoms with Crippen LogP contribution in [0.4, 0.5) is 0 Å². The Labute approximate surface area is 175 Å². The Morgan fingerprint density at radius 1 is 1.10 bits per heavy atom. The largest absolute Gasteiger partial charge is 0.497 e. The summed E-state index contributed by atoms with van der Waals surface area (Å²) in [6.45, 7) is 5.12. The summed E-state index contributed by atoms with van der Waals surface area (Å²) >= 11 is 1.82. The van der Waals surface area contributed by atoms with E-state index in [1.807, 2.05) is 36.2 Å². The Morgan fingerprint density at radius 3 is 2.59 bits per heavy atom. The van der Waals surface area contributed by atoms with E-state index in [-0.39, 0.29) is 5.56 Å². The Bertz CT molecular complexity index is 1100. The van der Waals surface area contributed by atoms with E-state index in [2.05, 4.69) is 32.0 Å². The van der Waals surface area contributed by atoms with Crippen molar-refractivity contribution < 1.29 is 9.47 Å². The molecule has 29 heavy (non-hydrogen) atoms. The zero-order valence-electron chi connectivity index (χ0n) is 17.4. The molecule has 0 atom stereocenters. The van der Waals surface area contributed by atoms with Crippen LogP contribution in [-0.2, 0) is 7.05 Å². The zero-order valence-corrected chi connectivity index (χ0v) is 18.2. The third kappa shape index (κ3) is 4.30. The molecule has 1 aliphatic rings. The number of rotatable bonds is 7. The number of hydrogen-bond donors (Lipinski definition) is 0. The summed E-state index contributed by atoms with van der Waals surface area (Å²) in [6, 6.07) is 12.0. The highest BCUT2D eigenvalue weighted by Crippen LogP contribution is 2.40. The first-order valence-corrected chi connectivity index (χ1v) is 11.0. The van der Waals surface area contributed by atoms with Crippen molar-refractivity contribution in [2.75, 3.05) is 13.7 Å². The van der Waals surface area contributed by atoms with Gasteiger partial charge in [-0.05, 0) is 55.2 Å². The average molecular weight is 410 g/mol. The lowest BCUT2D eigenvalue weighted by Gasteiger charge is -2.17. The highest BCUT2D eigenvalue weighted by Gasteiger charge is 2.23. The minimum atomic E-state index is -0.0143. The monoisotopic (exact) mass is 409 g/mol. The van der Waals surface area contributed by atoms with Gasteiger partial charge in [-0.2, -0.15) is 0 Å². The van der Waals surface area contributed by atoms with Crippen LogP contribution in [0.15, 0.2) is 52.3 Å². The van der Waals surface area contributed by atoms with E-state index in [1.54, 1.807) is 18.7 Å². The van der Waals surface area contributed by atoms with Crippen LogP contribution in [0.25, 0.3) is 21.9 Å². The maximum Gasteiger partial charge on any atom is 0.258 e. The third-order valence-corrected chi connectivity index (χ3v) is 6.17. The molecule has 152 valence electrons. The first-order valence-electron chi connectivity index (χ1n) is 10.1. The van der Waals surface area contributed by atoms with Crippen molar-refractivity contribution in [2.24, 2.45) is 13.0 Å². The van der Waals surface area contributed by atoms with Gasteiger partial charge in [-0.15, -0.1) is 11.8 Å². The maximum atomic E-state index is 12.7. The summed E-state index contributed by atoms with van der Waals surface area (Å²) in [7, 11) is 3.44. The van der Waals surface area contributed by atoms with E-state index in [1.165, 1.54) is 17.7 Å². The maximum absolute atomic E-state index is 12.7. The molecular formula is C24H27NO3S. The van der Waals surface area contributed by atoms with E-state index in [0.29, 0.717) is 16.6 Å². The summed E-state index contributed by atoms with van der Waals surface area (Å²) in [5, 5.41) is 2.05. The van der Waals surface area contributed by atoms with Crippen LogP contribution in [0.5, 0.6) is 11.5 Å². The Balaban J connectivity index is 1.92. The first-order chi connectivity index (χ1) is 14.0. The highest BCUT2D eigenvalue weighted by molar-refractivity contribution is 7.99.